The molecule has 1 saturated heterocycles. The van der Waals surface area contributed by atoms with Gasteiger partial charge in [-0.2, -0.15) is 0 Å². The molecule has 0 spiro atoms. The van der Waals surface area contributed by atoms with Crippen LogP contribution in [-0.4, -0.2) is 48.3 Å². The van der Waals surface area contributed by atoms with Crippen molar-refractivity contribution in [2.75, 3.05) is 20.2 Å². The Labute approximate surface area is 120 Å². The number of carboxylic acids is 1. The number of benzene rings is 1. The maximum atomic E-state index is 11.8. The van der Waals surface area contributed by atoms with Crippen molar-refractivity contribution in [2.24, 2.45) is 0 Å². The Balaban J connectivity index is 2.19. The lowest BCUT2D eigenvalue weighted by Crippen LogP contribution is -2.48. The fraction of sp³-hybridized carbons (Fsp3) is 0.562. The van der Waals surface area contributed by atoms with Crippen LogP contribution in [-0.2, 0) is 14.9 Å². The Morgan fingerprint density at radius 3 is 2.60 bits per heavy atom. The van der Waals surface area contributed by atoms with Crippen LogP contribution in [0.5, 0.6) is 0 Å². The zero-order chi connectivity index (χ0) is 14.8. The summed E-state index contributed by atoms with van der Waals surface area (Å²) < 4.78 is 5.58. The van der Waals surface area contributed by atoms with E-state index in [0.29, 0.717) is 6.54 Å². The molecular weight excluding hydrogens is 254 g/mol. The van der Waals surface area contributed by atoms with E-state index >= 15 is 0 Å². The molecule has 1 aliphatic rings. The van der Waals surface area contributed by atoms with Gasteiger partial charge in [-0.15, -0.1) is 0 Å². The molecule has 0 bridgehead atoms. The summed E-state index contributed by atoms with van der Waals surface area (Å²) in [4.78, 5) is 13.9. The number of hydrogen-bond acceptors (Lipinski definition) is 3. The van der Waals surface area contributed by atoms with E-state index in [1.807, 2.05) is 37.4 Å². The van der Waals surface area contributed by atoms with Crippen molar-refractivity contribution in [2.45, 2.75) is 37.8 Å². The molecule has 0 amide bonds. The van der Waals surface area contributed by atoms with Gasteiger partial charge in [-0.05, 0) is 32.9 Å². The highest BCUT2D eigenvalue weighted by atomic mass is 16.5. The fourth-order valence-electron chi connectivity index (χ4n) is 3.00. The number of carbonyl (C=O) groups is 1. The number of nitrogens with zero attached hydrogens (tertiary/aromatic N) is 1. The normalized spacial score (nSPS) is 25.6. The standard InChI is InChI=1S/C16H23NO3/c1-12-14(9-10-20-12)17(3)11-16(2,15(18)19)13-7-5-4-6-8-13/h4-8,12,14H,9-11H2,1-3H3,(H,18,19). The van der Waals surface area contributed by atoms with Crippen molar-refractivity contribution in [3.8, 4) is 0 Å². The molecule has 1 aliphatic heterocycles. The largest absolute Gasteiger partial charge is 0.481 e. The van der Waals surface area contributed by atoms with E-state index in [-0.39, 0.29) is 12.1 Å². The Bertz CT molecular complexity index is 462. The van der Waals surface area contributed by atoms with Crippen LogP contribution in [0, 0.1) is 0 Å². The summed E-state index contributed by atoms with van der Waals surface area (Å²) in [5.41, 5.74) is -0.0656. The van der Waals surface area contributed by atoms with Crippen molar-refractivity contribution in [1.29, 1.82) is 0 Å². The average molecular weight is 277 g/mol. The Kier molecular flexibility index (Phi) is 4.45. The molecule has 1 aromatic rings. The van der Waals surface area contributed by atoms with Gasteiger partial charge in [-0.1, -0.05) is 30.3 Å². The van der Waals surface area contributed by atoms with Crippen LogP contribution < -0.4 is 0 Å². The van der Waals surface area contributed by atoms with E-state index in [1.54, 1.807) is 6.92 Å². The van der Waals surface area contributed by atoms with E-state index in [1.165, 1.54) is 0 Å². The monoisotopic (exact) mass is 277 g/mol. The molecular formula is C16H23NO3. The first kappa shape index (κ1) is 15.0. The van der Waals surface area contributed by atoms with E-state index in [2.05, 4.69) is 11.8 Å². The molecule has 4 nitrogen and oxygen atoms in total. The van der Waals surface area contributed by atoms with Crippen LogP contribution in [0.15, 0.2) is 30.3 Å². The van der Waals surface area contributed by atoms with Gasteiger partial charge in [0, 0.05) is 19.2 Å². The fourth-order valence-corrected chi connectivity index (χ4v) is 3.00. The summed E-state index contributed by atoms with van der Waals surface area (Å²) in [5, 5.41) is 9.69. The van der Waals surface area contributed by atoms with Crippen LogP contribution in [0.4, 0.5) is 0 Å². The molecule has 3 unspecified atom stereocenters. The smallest absolute Gasteiger partial charge is 0.315 e. The highest BCUT2D eigenvalue weighted by molar-refractivity contribution is 5.81. The molecule has 1 aromatic carbocycles. The predicted octanol–water partition coefficient (Wildman–Crippen LogP) is 2.14. The number of ether oxygens (including phenoxy) is 1. The molecule has 110 valence electrons. The Morgan fingerprint density at radius 2 is 2.10 bits per heavy atom. The lowest BCUT2D eigenvalue weighted by Gasteiger charge is -2.34. The molecule has 1 fully saturated rings. The van der Waals surface area contributed by atoms with Crippen molar-refractivity contribution >= 4 is 5.97 Å². The molecule has 2 rings (SSSR count). The predicted molar refractivity (Wildman–Crippen MR) is 77.9 cm³/mol. The Hall–Kier alpha value is -1.39. The van der Waals surface area contributed by atoms with Gasteiger partial charge in [0.1, 0.15) is 5.41 Å². The van der Waals surface area contributed by atoms with Crippen LogP contribution >= 0.6 is 0 Å². The van der Waals surface area contributed by atoms with Crippen LogP contribution in [0.2, 0.25) is 0 Å². The third kappa shape index (κ3) is 2.86. The van der Waals surface area contributed by atoms with Gasteiger partial charge in [0.15, 0.2) is 0 Å². The zero-order valence-electron chi connectivity index (χ0n) is 12.4. The first-order valence-electron chi connectivity index (χ1n) is 7.06. The maximum absolute atomic E-state index is 11.8. The van der Waals surface area contributed by atoms with Gasteiger partial charge in [-0.25, -0.2) is 0 Å². The second kappa shape index (κ2) is 5.94. The first-order chi connectivity index (χ1) is 9.45. The van der Waals surface area contributed by atoms with Gasteiger partial charge in [0.25, 0.3) is 0 Å². The number of aliphatic carboxylic acids is 1. The molecule has 0 aromatic heterocycles. The van der Waals surface area contributed by atoms with Crippen LogP contribution in [0.1, 0.15) is 25.8 Å². The zero-order valence-corrected chi connectivity index (χ0v) is 12.4. The lowest BCUT2D eigenvalue weighted by molar-refractivity contribution is -0.144. The van der Waals surface area contributed by atoms with Crippen molar-refractivity contribution in [3.05, 3.63) is 35.9 Å². The van der Waals surface area contributed by atoms with E-state index < -0.39 is 11.4 Å². The van der Waals surface area contributed by atoms with Gasteiger partial charge in [0.2, 0.25) is 0 Å². The van der Waals surface area contributed by atoms with Crippen molar-refractivity contribution < 1.29 is 14.6 Å². The third-order valence-electron chi connectivity index (χ3n) is 4.35. The van der Waals surface area contributed by atoms with Gasteiger partial charge in [0.05, 0.1) is 6.10 Å². The van der Waals surface area contributed by atoms with Crippen LogP contribution in [0.25, 0.3) is 0 Å². The molecule has 0 radical (unpaired) electrons. The molecule has 1 heterocycles. The minimum atomic E-state index is -0.904. The van der Waals surface area contributed by atoms with Gasteiger partial charge >= 0.3 is 5.97 Å². The van der Waals surface area contributed by atoms with Crippen LogP contribution in [0.3, 0.4) is 0 Å². The van der Waals surface area contributed by atoms with Crippen molar-refractivity contribution in [1.82, 2.24) is 4.90 Å². The lowest BCUT2D eigenvalue weighted by atomic mass is 9.81. The summed E-state index contributed by atoms with van der Waals surface area (Å²) in [6.07, 6.45) is 1.12. The summed E-state index contributed by atoms with van der Waals surface area (Å²) in [7, 11) is 1.99. The highest BCUT2D eigenvalue weighted by Crippen LogP contribution is 2.28. The molecule has 0 saturated carbocycles. The number of rotatable bonds is 5. The number of likely N-dealkylation sites (N-methyl/N-ethyl adjacent to an activating group) is 1. The second-order valence-corrected chi connectivity index (χ2v) is 5.85. The molecule has 4 heteroatoms. The highest BCUT2D eigenvalue weighted by Gasteiger charge is 2.39. The molecule has 0 aliphatic carbocycles. The molecule has 20 heavy (non-hydrogen) atoms. The number of hydrogen-bond donors (Lipinski definition) is 1. The maximum Gasteiger partial charge on any atom is 0.315 e. The van der Waals surface area contributed by atoms with Gasteiger partial charge in [-0.3, -0.25) is 9.69 Å². The average Bonchev–Trinajstić information content (AvgIpc) is 2.85. The summed E-state index contributed by atoms with van der Waals surface area (Å²) >= 11 is 0. The van der Waals surface area contributed by atoms with E-state index in [9.17, 15) is 9.90 Å². The minimum absolute atomic E-state index is 0.161. The first-order valence-corrected chi connectivity index (χ1v) is 7.06. The third-order valence-corrected chi connectivity index (χ3v) is 4.35. The van der Waals surface area contributed by atoms with E-state index in [0.717, 1.165) is 18.6 Å². The van der Waals surface area contributed by atoms with E-state index in [4.69, 9.17) is 4.74 Å². The molecule has 1 N–H and O–H groups in total. The Morgan fingerprint density at radius 1 is 1.45 bits per heavy atom. The SMILES string of the molecule is CC1OCCC1N(C)CC(C)(C(=O)O)c1ccccc1. The van der Waals surface area contributed by atoms with Crippen molar-refractivity contribution in [3.63, 3.8) is 0 Å². The topological polar surface area (TPSA) is 49.8 Å². The minimum Gasteiger partial charge on any atom is -0.481 e. The quantitative estimate of drug-likeness (QED) is 0.896. The number of carboxylic acid groups (broad SMARTS) is 1. The summed E-state index contributed by atoms with van der Waals surface area (Å²) in [6, 6.07) is 9.74. The molecule has 3 atom stereocenters. The second-order valence-electron chi connectivity index (χ2n) is 5.85. The summed E-state index contributed by atoms with van der Waals surface area (Å²) in [6.45, 7) is 5.08. The van der Waals surface area contributed by atoms with Gasteiger partial charge < -0.3 is 9.84 Å². The summed E-state index contributed by atoms with van der Waals surface area (Å²) in [5.74, 6) is -0.790.